The van der Waals surface area contributed by atoms with Gasteiger partial charge in [-0.25, -0.2) is 0 Å². The highest BCUT2D eigenvalue weighted by Crippen LogP contribution is 2.39. The predicted octanol–water partition coefficient (Wildman–Crippen LogP) is 7.72. The summed E-state index contributed by atoms with van der Waals surface area (Å²) >= 11 is 0. The van der Waals surface area contributed by atoms with Crippen LogP contribution in [0.25, 0.3) is 22.1 Å². The summed E-state index contributed by atoms with van der Waals surface area (Å²) in [6, 6.07) is 20.7. The number of rotatable bonds is 10. The molecule has 2 amide bonds. The zero-order valence-electron chi connectivity index (χ0n) is 26.2. The van der Waals surface area contributed by atoms with Crippen molar-refractivity contribution in [3.63, 3.8) is 0 Å². The number of alkyl halides is 3. The third-order valence-electron chi connectivity index (χ3n) is 7.54. The van der Waals surface area contributed by atoms with Crippen LogP contribution in [0.3, 0.4) is 0 Å². The molecule has 0 aliphatic rings. The number of methoxy groups -OCH3 is 1. The molecule has 0 bridgehead atoms. The minimum absolute atomic E-state index is 0.0704. The summed E-state index contributed by atoms with van der Waals surface area (Å²) in [7, 11) is 4.55. The molecule has 0 atom stereocenters. The van der Waals surface area contributed by atoms with E-state index >= 15 is 0 Å². The van der Waals surface area contributed by atoms with Gasteiger partial charge in [-0.3, -0.25) is 14.4 Å². The number of hydrogen-bond acceptors (Lipinski definition) is 7. The highest BCUT2D eigenvalue weighted by molar-refractivity contribution is 6.11. The van der Waals surface area contributed by atoms with Crippen LogP contribution in [-0.2, 0) is 17.4 Å². The average Bonchev–Trinajstić information content (AvgIpc) is 3.38. The molecule has 5 aromatic rings. The van der Waals surface area contributed by atoms with Crippen molar-refractivity contribution in [3.05, 3.63) is 107 Å². The average molecular weight is 661 g/mol. The van der Waals surface area contributed by atoms with E-state index in [9.17, 15) is 32.7 Å². The topological polar surface area (TPSA) is 118 Å². The Morgan fingerprint density at radius 1 is 0.917 bits per heavy atom. The first kappa shape index (κ1) is 33.6. The second-order valence-electron chi connectivity index (χ2n) is 11.1. The highest BCUT2D eigenvalue weighted by Gasteiger charge is 2.30. The van der Waals surface area contributed by atoms with Gasteiger partial charge in [0.05, 0.1) is 29.3 Å². The Bertz CT molecular complexity index is 1980. The van der Waals surface area contributed by atoms with Gasteiger partial charge < -0.3 is 29.2 Å². The molecular weight excluding hydrogens is 629 g/mol. The molecule has 0 unspecified atom stereocenters. The number of benzene rings is 4. The van der Waals surface area contributed by atoms with Crippen LogP contribution < -0.4 is 14.8 Å². The molecule has 248 valence electrons. The molecule has 0 fully saturated rings. The summed E-state index contributed by atoms with van der Waals surface area (Å²) < 4.78 is 55.0. The maximum absolute atomic E-state index is 13.5. The largest absolute Gasteiger partial charge is 0.489 e. The van der Waals surface area contributed by atoms with Crippen LogP contribution in [-0.4, -0.2) is 49.0 Å². The zero-order valence-corrected chi connectivity index (χ0v) is 26.2. The molecular formula is C36H31F3N2O7. The van der Waals surface area contributed by atoms with Crippen molar-refractivity contribution in [2.45, 2.75) is 25.4 Å². The number of amides is 2. The SMILES string of the molecule is COc1c(O)oc2cc(OC(=O)CCCc3ccc(NC(=O)c4ccccc4-c4ccc(C(F)(F)F)cc4)c(C(=O)N(C)C)c3)ccc12. The summed E-state index contributed by atoms with van der Waals surface area (Å²) in [5.41, 5.74) is 1.78. The van der Waals surface area contributed by atoms with Crippen molar-refractivity contribution in [3.8, 4) is 28.6 Å². The molecule has 2 N–H and O–H groups in total. The quantitative estimate of drug-likeness (QED) is 0.116. The Morgan fingerprint density at radius 2 is 1.65 bits per heavy atom. The minimum Gasteiger partial charge on any atom is -0.489 e. The van der Waals surface area contributed by atoms with Crippen LogP contribution in [0, 0.1) is 0 Å². The first-order chi connectivity index (χ1) is 22.8. The van der Waals surface area contributed by atoms with Gasteiger partial charge in [0.15, 0.2) is 0 Å². The van der Waals surface area contributed by atoms with E-state index < -0.39 is 23.6 Å². The van der Waals surface area contributed by atoms with E-state index in [1.54, 1.807) is 68.7 Å². The molecule has 9 nitrogen and oxygen atoms in total. The van der Waals surface area contributed by atoms with Gasteiger partial charge in [-0.15, -0.1) is 0 Å². The second kappa shape index (κ2) is 13.9. The molecule has 0 aliphatic carbocycles. The van der Waals surface area contributed by atoms with Gasteiger partial charge in [-0.1, -0.05) is 36.4 Å². The van der Waals surface area contributed by atoms with E-state index in [4.69, 9.17) is 13.9 Å². The van der Waals surface area contributed by atoms with Crippen molar-refractivity contribution in [1.82, 2.24) is 4.90 Å². The number of aromatic hydroxyl groups is 1. The lowest BCUT2D eigenvalue weighted by Crippen LogP contribution is -2.24. The van der Waals surface area contributed by atoms with E-state index in [2.05, 4.69) is 5.32 Å². The molecule has 0 saturated carbocycles. The molecule has 1 aromatic heterocycles. The van der Waals surface area contributed by atoms with E-state index in [0.717, 1.165) is 17.7 Å². The minimum atomic E-state index is -4.49. The zero-order chi connectivity index (χ0) is 34.6. The molecule has 12 heteroatoms. The first-order valence-corrected chi connectivity index (χ1v) is 14.8. The third kappa shape index (κ3) is 7.43. The lowest BCUT2D eigenvalue weighted by Gasteiger charge is -2.17. The Labute approximate surface area is 273 Å². The first-order valence-electron chi connectivity index (χ1n) is 14.8. The number of carbonyl (C=O) groups excluding carboxylic acids is 3. The van der Waals surface area contributed by atoms with Crippen molar-refractivity contribution in [2.75, 3.05) is 26.5 Å². The number of esters is 1. The Kier molecular flexibility index (Phi) is 9.74. The van der Waals surface area contributed by atoms with Gasteiger partial charge in [-0.05, 0) is 72.0 Å². The van der Waals surface area contributed by atoms with Crippen LogP contribution in [0.1, 0.15) is 44.7 Å². The van der Waals surface area contributed by atoms with Crippen LogP contribution >= 0.6 is 0 Å². The van der Waals surface area contributed by atoms with Crippen molar-refractivity contribution >= 4 is 34.4 Å². The normalized spacial score (nSPS) is 11.3. The molecule has 0 radical (unpaired) electrons. The monoisotopic (exact) mass is 660 g/mol. The standard InChI is InChI=1S/C36H31F3N2O7/c1-41(2)34(44)28-19-21(7-6-10-31(42)47-24-16-17-27-30(20-24)48-35(45)32(27)46-3)11-18-29(28)40-33(43)26-9-5-4-8-25(26)22-12-14-23(15-13-22)36(37,38)39/h4-5,8-9,11-20,45H,6-7,10H2,1-3H3,(H,40,43). The number of carbonyl (C=O) groups is 3. The number of fused-ring (bicyclic) bond motifs is 1. The second-order valence-corrected chi connectivity index (χ2v) is 11.1. The molecule has 5 rings (SSSR count). The van der Waals surface area contributed by atoms with Crippen molar-refractivity contribution in [2.24, 2.45) is 0 Å². The van der Waals surface area contributed by atoms with Crippen LogP contribution in [0.15, 0.2) is 89.3 Å². The van der Waals surface area contributed by atoms with Gasteiger partial charge >= 0.3 is 18.1 Å². The van der Waals surface area contributed by atoms with Crippen LogP contribution in [0.5, 0.6) is 17.4 Å². The number of halogens is 3. The van der Waals surface area contributed by atoms with Gasteiger partial charge in [-0.2, -0.15) is 13.2 Å². The van der Waals surface area contributed by atoms with E-state index in [1.807, 2.05) is 0 Å². The van der Waals surface area contributed by atoms with Gasteiger partial charge in [0.1, 0.15) is 11.3 Å². The molecule has 0 spiro atoms. The maximum Gasteiger partial charge on any atom is 0.416 e. The fraction of sp³-hybridized carbons (Fsp3) is 0.194. The number of anilines is 1. The summed E-state index contributed by atoms with van der Waals surface area (Å²) in [6.07, 6.45) is -3.59. The molecule has 0 aliphatic heterocycles. The number of aryl methyl sites for hydroxylation is 1. The van der Waals surface area contributed by atoms with Gasteiger partial charge in [0, 0.05) is 32.1 Å². The lowest BCUT2D eigenvalue weighted by atomic mass is 9.97. The lowest BCUT2D eigenvalue weighted by molar-refractivity contribution is -0.137. The van der Waals surface area contributed by atoms with E-state index in [0.29, 0.717) is 34.9 Å². The van der Waals surface area contributed by atoms with Gasteiger partial charge in [0.25, 0.3) is 11.8 Å². The maximum atomic E-state index is 13.5. The Morgan fingerprint density at radius 3 is 2.33 bits per heavy atom. The van der Waals surface area contributed by atoms with E-state index in [1.165, 1.54) is 30.2 Å². The third-order valence-corrected chi connectivity index (χ3v) is 7.54. The number of furan rings is 1. The predicted molar refractivity (Wildman–Crippen MR) is 172 cm³/mol. The summed E-state index contributed by atoms with van der Waals surface area (Å²) in [4.78, 5) is 40.5. The summed E-state index contributed by atoms with van der Waals surface area (Å²) in [5.74, 6) is -1.35. The van der Waals surface area contributed by atoms with Crippen molar-refractivity contribution in [1.29, 1.82) is 0 Å². The Balaban J connectivity index is 1.27. The molecule has 0 saturated heterocycles. The fourth-order valence-electron chi connectivity index (χ4n) is 5.16. The van der Waals surface area contributed by atoms with Crippen LogP contribution in [0.2, 0.25) is 0 Å². The van der Waals surface area contributed by atoms with Crippen molar-refractivity contribution < 1.29 is 46.6 Å². The molecule has 1 heterocycles. The molecule has 48 heavy (non-hydrogen) atoms. The van der Waals surface area contributed by atoms with Crippen LogP contribution in [0.4, 0.5) is 18.9 Å². The Hall–Kier alpha value is -5.78. The summed E-state index contributed by atoms with van der Waals surface area (Å²) in [5, 5.41) is 13.2. The smallest absolute Gasteiger partial charge is 0.416 e. The van der Waals surface area contributed by atoms with E-state index in [-0.39, 0.29) is 46.6 Å². The fourth-order valence-corrected chi connectivity index (χ4v) is 5.16. The summed E-state index contributed by atoms with van der Waals surface area (Å²) in [6.45, 7) is 0. The number of nitrogens with one attached hydrogen (secondary N) is 1. The van der Waals surface area contributed by atoms with Gasteiger partial charge in [0.2, 0.25) is 5.75 Å². The highest BCUT2D eigenvalue weighted by atomic mass is 19.4. The molecule has 4 aromatic carbocycles. The number of hydrogen-bond donors (Lipinski definition) is 2. The number of nitrogens with zero attached hydrogens (tertiary/aromatic N) is 1. The number of ether oxygens (including phenoxy) is 2.